The van der Waals surface area contributed by atoms with Crippen molar-refractivity contribution in [1.29, 1.82) is 0 Å². The zero-order chi connectivity index (χ0) is 15.7. The van der Waals surface area contributed by atoms with Gasteiger partial charge in [-0.25, -0.2) is 13.6 Å². The van der Waals surface area contributed by atoms with Crippen LogP contribution < -0.4 is 5.32 Å². The molecule has 2 N–H and O–H groups in total. The first-order valence-corrected chi connectivity index (χ1v) is 7.02. The number of urea groups is 1. The number of anilines is 1. The van der Waals surface area contributed by atoms with Gasteiger partial charge >= 0.3 is 12.0 Å². The summed E-state index contributed by atoms with van der Waals surface area (Å²) in [5.41, 5.74) is -0.167. The zero-order valence-electron chi connectivity index (χ0n) is 11.1. The number of nitrogens with zero attached hydrogens (tertiary/aromatic N) is 1. The van der Waals surface area contributed by atoms with Gasteiger partial charge in [0.15, 0.2) is 0 Å². The Labute approximate surface area is 128 Å². The number of nitrogens with one attached hydrogen (secondary N) is 1. The maximum Gasteiger partial charge on any atom is 0.321 e. The molecule has 0 aliphatic carbocycles. The second-order valence-corrected chi connectivity index (χ2v) is 5.86. The highest BCUT2D eigenvalue weighted by molar-refractivity contribution is 9.10. The van der Waals surface area contributed by atoms with Gasteiger partial charge in [0, 0.05) is 19.2 Å². The van der Waals surface area contributed by atoms with Crippen LogP contribution in [0.2, 0.25) is 0 Å². The SMILES string of the molecule is C[C@@H]1CN(C(=O)Nc2cc(Br)c(F)cc2F)C[C@H]1C(=O)O. The maximum atomic E-state index is 13.6. The molecule has 5 nitrogen and oxygen atoms in total. The minimum Gasteiger partial charge on any atom is -0.481 e. The molecule has 0 spiro atoms. The summed E-state index contributed by atoms with van der Waals surface area (Å²) in [6.45, 7) is 2.07. The number of hydrogen-bond donors (Lipinski definition) is 2. The van der Waals surface area contributed by atoms with E-state index in [1.807, 2.05) is 0 Å². The molecule has 1 saturated heterocycles. The average molecular weight is 363 g/mol. The van der Waals surface area contributed by atoms with E-state index in [2.05, 4.69) is 21.2 Å². The number of amides is 2. The Kier molecular flexibility index (Phi) is 4.46. The van der Waals surface area contributed by atoms with Crippen LogP contribution in [-0.2, 0) is 4.79 Å². The minimum atomic E-state index is -0.964. The molecule has 1 fully saturated rings. The average Bonchev–Trinajstić information content (AvgIpc) is 2.78. The topological polar surface area (TPSA) is 69.6 Å². The van der Waals surface area contributed by atoms with Gasteiger partial charge in [-0.15, -0.1) is 0 Å². The van der Waals surface area contributed by atoms with Crippen LogP contribution in [0.5, 0.6) is 0 Å². The first kappa shape index (κ1) is 15.7. The molecule has 1 aliphatic heterocycles. The van der Waals surface area contributed by atoms with E-state index < -0.39 is 29.6 Å². The molecule has 8 heteroatoms. The second kappa shape index (κ2) is 5.97. The number of carbonyl (C=O) groups excluding carboxylic acids is 1. The summed E-state index contributed by atoms with van der Waals surface area (Å²) >= 11 is 2.91. The van der Waals surface area contributed by atoms with Crippen molar-refractivity contribution in [2.45, 2.75) is 6.92 Å². The molecule has 2 atom stereocenters. The molecule has 1 heterocycles. The number of aliphatic carboxylic acids is 1. The molecular weight excluding hydrogens is 350 g/mol. The number of halogens is 3. The van der Waals surface area contributed by atoms with E-state index in [9.17, 15) is 18.4 Å². The number of likely N-dealkylation sites (tertiary alicyclic amines) is 1. The lowest BCUT2D eigenvalue weighted by Gasteiger charge is -2.17. The molecule has 0 radical (unpaired) electrons. The van der Waals surface area contributed by atoms with Crippen molar-refractivity contribution in [2.24, 2.45) is 11.8 Å². The Hall–Kier alpha value is -1.70. The van der Waals surface area contributed by atoms with Crippen molar-refractivity contribution in [3.63, 3.8) is 0 Å². The van der Waals surface area contributed by atoms with Gasteiger partial charge in [0.25, 0.3) is 0 Å². The van der Waals surface area contributed by atoms with Crippen LogP contribution in [0.1, 0.15) is 6.92 Å². The van der Waals surface area contributed by atoms with Crippen LogP contribution in [-0.4, -0.2) is 35.1 Å². The van der Waals surface area contributed by atoms with Gasteiger partial charge in [-0.2, -0.15) is 0 Å². The number of carboxylic acids is 1. The fourth-order valence-corrected chi connectivity index (χ4v) is 2.61. The highest BCUT2D eigenvalue weighted by atomic mass is 79.9. The van der Waals surface area contributed by atoms with Crippen LogP contribution in [0.15, 0.2) is 16.6 Å². The Morgan fingerprint density at radius 3 is 2.57 bits per heavy atom. The van der Waals surface area contributed by atoms with Crippen LogP contribution in [0.4, 0.5) is 19.3 Å². The Morgan fingerprint density at radius 2 is 2.00 bits per heavy atom. The van der Waals surface area contributed by atoms with Crippen LogP contribution in [0.3, 0.4) is 0 Å². The van der Waals surface area contributed by atoms with Gasteiger partial charge in [-0.1, -0.05) is 6.92 Å². The second-order valence-electron chi connectivity index (χ2n) is 5.00. The van der Waals surface area contributed by atoms with E-state index in [0.717, 1.165) is 6.07 Å². The maximum absolute atomic E-state index is 13.6. The van der Waals surface area contributed by atoms with Crippen molar-refractivity contribution in [2.75, 3.05) is 18.4 Å². The third kappa shape index (κ3) is 3.31. The zero-order valence-corrected chi connectivity index (χ0v) is 12.7. The van der Waals surface area contributed by atoms with Crippen LogP contribution >= 0.6 is 15.9 Å². The largest absolute Gasteiger partial charge is 0.481 e. The first-order chi connectivity index (χ1) is 9.79. The number of benzene rings is 1. The van der Waals surface area contributed by atoms with Crippen molar-refractivity contribution < 1.29 is 23.5 Å². The Morgan fingerprint density at radius 1 is 1.33 bits per heavy atom. The number of carbonyl (C=O) groups is 2. The lowest BCUT2D eigenvalue weighted by molar-refractivity contribution is -0.142. The standard InChI is InChI=1S/C13H13BrF2N2O3/c1-6-4-18(5-7(6)12(19)20)13(21)17-11-2-8(14)9(15)3-10(11)16/h2-3,6-7H,4-5H2,1H3,(H,17,21)(H,19,20)/t6-,7-/m1/s1. The smallest absolute Gasteiger partial charge is 0.321 e. The predicted octanol–water partition coefficient (Wildman–Crippen LogP) is 2.91. The Bertz CT molecular complexity index is 597. The normalized spacial score (nSPS) is 21.4. The number of carboxylic acid groups (broad SMARTS) is 1. The lowest BCUT2D eigenvalue weighted by Crippen LogP contribution is -2.34. The van der Waals surface area contributed by atoms with Gasteiger partial charge in [-0.3, -0.25) is 4.79 Å². The summed E-state index contributed by atoms with van der Waals surface area (Å²) < 4.78 is 26.7. The van der Waals surface area contributed by atoms with E-state index in [-0.39, 0.29) is 29.2 Å². The Balaban J connectivity index is 2.09. The summed E-state index contributed by atoms with van der Waals surface area (Å²) in [6.07, 6.45) is 0. The quantitative estimate of drug-likeness (QED) is 0.794. The predicted molar refractivity (Wildman–Crippen MR) is 74.9 cm³/mol. The molecule has 2 amide bonds. The molecule has 21 heavy (non-hydrogen) atoms. The summed E-state index contributed by atoms with van der Waals surface area (Å²) in [4.78, 5) is 24.3. The summed E-state index contributed by atoms with van der Waals surface area (Å²) in [6, 6.07) is 1.17. The molecule has 2 rings (SSSR count). The van der Waals surface area contributed by atoms with Gasteiger partial charge in [-0.05, 0) is 27.9 Å². The molecule has 114 valence electrons. The fraction of sp³-hybridized carbons (Fsp3) is 0.385. The first-order valence-electron chi connectivity index (χ1n) is 6.23. The number of rotatable bonds is 2. The van der Waals surface area contributed by atoms with E-state index in [1.165, 1.54) is 4.90 Å². The summed E-state index contributed by atoms with van der Waals surface area (Å²) in [5.74, 6) is -3.45. The lowest BCUT2D eigenvalue weighted by atomic mass is 9.99. The van der Waals surface area contributed by atoms with Gasteiger partial charge in [0.05, 0.1) is 16.1 Å². The van der Waals surface area contributed by atoms with Crippen LogP contribution in [0, 0.1) is 23.5 Å². The molecule has 0 unspecified atom stereocenters. The third-order valence-corrected chi connectivity index (χ3v) is 4.08. The van der Waals surface area contributed by atoms with E-state index in [4.69, 9.17) is 5.11 Å². The van der Waals surface area contributed by atoms with Gasteiger partial charge in [0.2, 0.25) is 0 Å². The van der Waals surface area contributed by atoms with Crippen LogP contribution in [0.25, 0.3) is 0 Å². The van der Waals surface area contributed by atoms with Crippen molar-refractivity contribution in [3.8, 4) is 0 Å². The van der Waals surface area contributed by atoms with E-state index >= 15 is 0 Å². The molecular formula is C13H13BrF2N2O3. The van der Waals surface area contributed by atoms with E-state index in [1.54, 1.807) is 6.92 Å². The third-order valence-electron chi connectivity index (χ3n) is 3.47. The fourth-order valence-electron chi connectivity index (χ4n) is 2.27. The van der Waals surface area contributed by atoms with Crippen molar-refractivity contribution in [1.82, 2.24) is 4.90 Å². The van der Waals surface area contributed by atoms with Crippen molar-refractivity contribution >= 4 is 33.6 Å². The summed E-state index contributed by atoms with van der Waals surface area (Å²) in [7, 11) is 0. The molecule has 1 aromatic rings. The van der Waals surface area contributed by atoms with Gasteiger partial charge in [0.1, 0.15) is 11.6 Å². The molecule has 0 aromatic heterocycles. The highest BCUT2D eigenvalue weighted by Gasteiger charge is 2.37. The monoisotopic (exact) mass is 362 g/mol. The van der Waals surface area contributed by atoms with Crippen molar-refractivity contribution in [3.05, 3.63) is 28.2 Å². The molecule has 1 aromatic carbocycles. The van der Waals surface area contributed by atoms with Gasteiger partial charge < -0.3 is 15.3 Å². The number of hydrogen-bond acceptors (Lipinski definition) is 2. The molecule has 1 aliphatic rings. The molecule has 0 bridgehead atoms. The van der Waals surface area contributed by atoms with E-state index in [0.29, 0.717) is 6.07 Å². The molecule has 0 saturated carbocycles. The minimum absolute atomic E-state index is 0.0254. The summed E-state index contributed by atoms with van der Waals surface area (Å²) in [5, 5.41) is 11.3. The highest BCUT2D eigenvalue weighted by Crippen LogP contribution is 2.26.